The van der Waals surface area contributed by atoms with Crippen molar-refractivity contribution in [1.29, 1.82) is 0 Å². The molecule has 3 nitrogen and oxygen atoms in total. The fourth-order valence-corrected chi connectivity index (χ4v) is 2.50. The molecule has 0 aliphatic rings. The Hall–Kier alpha value is -2.10. The fraction of sp³-hybridized carbons (Fsp3) is 0.364. The van der Waals surface area contributed by atoms with Gasteiger partial charge in [-0.05, 0) is 45.0 Å². The number of ether oxygens (including phenoxy) is 2. The van der Waals surface area contributed by atoms with E-state index in [1.165, 1.54) is 11.1 Å². The predicted octanol–water partition coefficient (Wildman–Crippen LogP) is 4.61. The minimum absolute atomic E-state index is 0.0894. The highest BCUT2D eigenvalue weighted by molar-refractivity contribution is 5.70. The molecule has 2 aromatic carbocycles. The molecule has 0 saturated heterocycles. The van der Waals surface area contributed by atoms with Crippen molar-refractivity contribution in [3.8, 4) is 16.9 Å². The van der Waals surface area contributed by atoms with E-state index >= 15 is 0 Å². The van der Waals surface area contributed by atoms with Crippen LogP contribution in [0.5, 0.6) is 5.75 Å². The summed E-state index contributed by atoms with van der Waals surface area (Å²) in [4.78, 5) is 0. The molecule has 0 saturated carbocycles. The summed E-state index contributed by atoms with van der Waals surface area (Å²) < 4.78 is 12.1. The zero-order valence-corrected chi connectivity index (χ0v) is 15.7. The van der Waals surface area contributed by atoms with Crippen LogP contribution >= 0.6 is 0 Å². The van der Waals surface area contributed by atoms with Gasteiger partial charge in [0.05, 0.1) is 13.2 Å². The Morgan fingerprint density at radius 2 is 1.84 bits per heavy atom. The first-order chi connectivity index (χ1) is 12.2. The molecule has 2 aromatic rings. The molecular weight excluding hydrogens is 310 g/mol. The smallest absolute Gasteiger partial charge is 0.143 e. The summed E-state index contributed by atoms with van der Waals surface area (Å²) in [6.07, 6.45) is 1.99. The molecule has 0 radical (unpaired) electrons. The molecule has 0 bridgehead atoms. The largest absolute Gasteiger partial charge is 0.483 e. The predicted molar refractivity (Wildman–Crippen MR) is 105 cm³/mol. The molecule has 134 valence electrons. The lowest BCUT2D eigenvalue weighted by molar-refractivity contribution is 0.0683. The number of benzene rings is 2. The highest BCUT2D eigenvalue weighted by Crippen LogP contribution is 2.31. The van der Waals surface area contributed by atoms with Crippen LogP contribution in [-0.4, -0.2) is 32.9 Å². The van der Waals surface area contributed by atoms with E-state index in [2.05, 4.69) is 55.6 Å². The monoisotopic (exact) mass is 339 g/mol. The Balaban J connectivity index is 2.19. The molecular formula is C22H29NO2. The number of hydrogen-bond acceptors (Lipinski definition) is 3. The molecule has 0 aromatic heterocycles. The van der Waals surface area contributed by atoms with E-state index in [4.69, 9.17) is 9.47 Å². The molecule has 1 N–H and O–H groups in total. The minimum Gasteiger partial charge on any atom is -0.483 e. The van der Waals surface area contributed by atoms with Crippen molar-refractivity contribution in [2.45, 2.75) is 26.9 Å². The van der Waals surface area contributed by atoms with Crippen molar-refractivity contribution in [1.82, 2.24) is 5.32 Å². The molecule has 25 heavy (non-hydrogen) atoms. The van der Waals surface area contributed by atoms with E-state index in [9.17, 15) is 0 Å². The normalized spacial score (nSPS) is 12.9. The average molecular weight is 339 g/mol. The van der Waals surface area contributed by atoms with Crippen LogP contribution < -0.4 is 10.1 Å². The summed E-state index contributed by atoms with van der Waals surface area (Å²) in [5, 5.41) is 3.09. The number of allylic oxidation sites excluding steroid dienone is 1. The zero-order chi connectivity index (χ0) is 18.1. The average Bonchev–Trinajstić information content (AvgIpc) is 2.64. The summed E-state index contributed by atoms with van der Waals surface area (Å²) in [6.45, 7) is 8.26. The minimum atomic E-state index is -0.0894. The van der Waals surface area contributed by atoms with Crippen molar-refractivity contribution in [3.63, 3.8) is 0 Å². The second-order valence-electron chi connectivity index (χ2n) is 6.18. The standard InChI is InChI=1S/C22H29NO2/c1-5-18(3)22(16-24-15-14-23-4)25-21-9-7-6-8-20(21)19-12-10-17(2)11-13-19/h5-13,22-23H,14-16H2,1-4H3/b18-5+/t22-/m1/s1. The number of rotatable bonds is 9. The van der Waals surface area contributed by atoms with Gasteiger partial charge in [0, 0.05) is 12.1 Å². The van der Waals surface area contributed by atoms with E-state index in [1.54, 1.807) is 0 Å². The molecule has 0 aliphatic heterocycles. The van der Waals surface area contributed by atoms with Crippen LogP contribution in [0.4, 0.5) is 0 Å². The Morgan fingerprint density at radius 1 is 1.12 bits per heavy atom. The van der Waals surface area contributed by atoms with Gasteiger partial charge in [0.1, 0.15) is 11.9 Å². The quantitative estimate of drug-likeness (QED) is 0.534. The number of hydrogen-bond donors (Lipinski definition) is 1. The van der Waals surface area contributed by atoms with Gasteiger partial charge in [-0.25, -0.2) is 0 Å². The summed E-state index contributed by atoms with van der Waals surface area (Å²) >= 11 is 0. The molecule has 0 amide bonds. The third-order valence-electron chi connectivity index (χ3n) is 4.25. The molecule has 0 aliphatic carbocycles. The highest BCUT2D eigenvalue weighted by atomic mass is 16.5. The van der Waals surface area contributed by atoms with Gasteiger partial charge in [-0.1, -0.05) is 54.1 Å². The number of aryl methyl sites for hydroxylation is 1. The number of likely N-dealkylation sites (N-methyl/N-ethyl adjacent to an activating group) is 1. The van der Waals surface area contributed by atoms with E-state index in [-0.39, 0.29) is 6.10 Å². The topological polar surface area (TPSA) is 30.5 Å². The molecule has 0 heterocycles. The third-order valence-corrected chi connectivity index (χ3v) is 4.25. The van der Waals surface area contributed by atoms with Crippen LogP contribution in [0.15, 0.2) is 60.2 Å². The van der Waals surface area contributed by atoms with Crippen molar-refractivity contribution in [2.75, 3.05) is 26.8 Å². The molecule has 2 rings (SSSR count). The number of para-hydroxylation sites is 1. The van der Waals surface area contributed by atoms with Gasteiger partial charge in [0.15, 0.2) is 0 Å². The van der Waals surface area contributed by atoms with Crippen molar-refractivity contribution >= 4 is 0 Å². The van der Waals surface area contributed by atoms with Gasteiger partial charge in [0.2, 0.25) is 0 Å². The Labute approximate surface area is 151 Å². The van der Waals surface area contributed by atoms with Crippen LogP contribution in [0.1, 0.15) is 19.4 Å². The second kappa shape index (κ2) is 10.0. The van der Waals surface area contributed by atoms with Crippen LogP contribution in [0.3, 0.4) is 0 Å². The van der Waals surface area contributed by atoms with Gasteiger partial charge in [-0.3, -0.25) is 0 Å². The summed E-state index contributed by atoms with van der Waals surface area (Å²) in [5.74, 6) is 0.884. The molecule has 0 unspecified atom stereocenters. The van der Waals surface area contributed by atoms with Gasteiger partial charge in [0.25, 0.3) is 0 Å². The fourth-order valence-electron chi connectivity index (χ4n) is 2.50. The van der Waals surface area contributed by atoms with Gasteiger partial charge >= 0.3 is 0 Å². The molecule has 3 heteroatoms. The van der Waals surface area contributed by atoms with Crippen LogP contribution in [0, 0.1) is 6.92 Å². The first-order valence-electron chi connectivity index (χ1n) is 8.83. The Kier molecular flexibility index (Phi) is 7.71. The SMILES string of the molecule is C/C=C(\C)[C@@H](COCCNC)Oc1ccccc1-c1ccc(C)cc1. The first-order valence-corrected chi connectivity index (χ1v) is 8.83. The highest BCUT2D eigenvalue weighted by Gasteiger charge is 2.15. The van der Waals surface area contributed by atoms with Crippen LogP contribution in [0.2, 0.25) is 0 Å². The Morgan fingerprint density at radius 3 is 2.52 bits per heavy atom. The van der Waals surface area contributed by atoms with Crippen LogP contribution in [-0.2, 0) is 4.74 Å². The maximum Gasteiger partial charge on any atom is 0.143 e. The molecule has 0 fully saturated rings. The van der Waals surface area contributed by atoms with Gasteiger partial charge in [-0.2, -0.15) is 0 Å². The maximum atomic E-state index is 6.35. The second-order valence-corrected chi connectivity index (χ2v) is 6.18. The van der Waals surface area contributed by atoms with E-state index < -0.39 is 0 Å². The summed E-state index contributed by atoms with van der Waals surface area (Å²) in [5.41, 5.74) is 4.69. The lowest BCUT2D eigenvalue weighted by atomic mass is 10.0. The lowest BCUT2D eigenvalue weighted by Gasteiger charge is -2.22. The van der Waals surface area contributed by atoms with Crippen molar-refractivity contribution < 1.29 is 9.47 Å². The maximum absolute atomic E-state index is 6.35. The zero-order valence-electron chi connectivity index (χ0n) is 15.7. The van der Waals surface area contributed by atoms with E-state index in [0.29, 0.717) is 13.2 Å². The molecule has 0 spiro atoms. The van der Waals surface area contributed by atoms with Crippen LogP contribution in [0.25, 0.3) is 11.1 Å². The number of nitrogens with one attached hydrogen (secondary N) is 1. The van der Waals surface area contributed by atoms with Gasteiger partial charge in [-0.15, -0.1) is 0 Å². The van der Waals surface area contributed by atoms with Crippen molar-refractivity contribution in [3.05, 3.63) is 65.7 Å². The first kappa shape index (κ1) is 19.2. The van der Waals surface area contributed by atoms with E-state index in [1.807, 2.05) is 32.2 Å². The van der Waals surface area contributed by atoms with Gasteiger partial charge < -0.3 is 14.8 Å². The third kappa shape index (κ3) is 5.73. The summed E-state index contributed by atoms with van der Waals surface area (Å²) in [6, 6.07) is 16.7. The molecule has 1 atom stereocenters. The Bertz CT molecular complexity index is 677. The van der Waals surface area contributed by atoms with E-state index in [0.717, 1.165) is 23.4 Å². The summed E-state index contributed by atoms with van der Waals surface area (Å²) in [7, 11) is 1.92. The lowest BCUT2D eigenvalue weighted by Crippen LogP contribution is -2.26. The van der Waals surface area contributed by atoms with Crippen molar-refractivity contribution in [2.24, 2.45) is 0 Å².